The van der Waals surface area contributed by atoms with E-state index in [0.29, 0.717) is 0 Å². The van der Waals surface area contributed by atoms with E-state index in [1.807, 2.05) is 0 Å². The Hall–Kier alpha value is 0.310. The van der Waals surface area contributed by atoms with Gasteiger partial charge in [0.2, 0.25) is 0 Å². The van der Waals surface area contributed by atoms with Crippen molar-refractivity contribution in [3.8, 4) is 0 Å². The van der Waals surface area contributed by atoms with Crippen molar-refractivity contribution in [2.45, 2.75) is 64.2 Å². The summed E-state index contributed by atoms with van der Waals surface area (Å²) < 4.78 is 0. The van der Waals surface area contributed by atoms with E-state index >= 15 is 0 Å². The maximum Gasteiger partial charge on any atom is 0.0203 e. The standard InChI is InChI=1S/C14H29NS/c1-5-6-12-7-8-13(15-4)14(9-12)16-10-11(2)3/h11-15H,5-10H2,1-4H3. The lowest BCUT2D eigenvalue weighted by atomic mass is 9.83. The molecule has 1 fully saturated rings. The molecule has 2 heteroatoms. The lowest BCUT2D eigenvalue weighted by Crippen LogP contribution is -2.41. The van der Waals surface area contributed by atoms with E-state index in [2.05, 4.69) is 44.9 Å². The van der Waals surface area contributed by atoms with Gasteiger partial charge in [-0.05, 0) is 43.9 Å². The minimum Gasteiger partial charge on any atom is -0.316 e. The summed E-state index contributed by atoms with van der Waals surface area (Å²) in [5.41, 5.74) is 0. The molecule has 1 nitrogen and oxygen atoms in total. The van der Waals surface area contributed by atoms with Crippen molar-refractivity contribution in [2.75, 3.05) is 12.8 Å². The minimum absolute atomic E-state index is 0.761. The molecule has 0 aromatic rings. The number of thioether (sulfide) groups is 1. The first kappa shape index (κ1) is 14.4. The highest BCUT2D eigenvalue weighted by molar-refractivity contribution is 7.99. The lowest BCUT2D eigenvalue weighted by Gasteiger charge is -2.36. The van der Waals surface area contributed by atoms with Gasteiger partial charge in [0.05, 0.1) is 0 Å². The topological polar surface area (TPSA) is 12.0 Å². The third kappa shape index (κ3) is 4.67. The van der Waals surface area contributed by atoms with Crippen LogP contribution in [0.1, 0.15) is 52.9 Å². The van der Waals surface area contributed by atoms with Crippen LogP contribution in [0.4, 0.5) is 0 Å². The Morgan fingerprint density at radius 3 is 2.62 bits per heavy atom. The second-order valence-corrected chi connectivity index (χ2v) is 6.90. The summed E-state index contributed by atoms with van der Waals surface area (Å²) >= 11 is 2.21. The molecule has 0 amide bonds. The predicted octanol–water partition coefficient (Wildman–Crippen LogP) is 3.93. The lowest BCUT2D eigenvalue weighted by molar-refractivity contribution is 0.295. The van der Waals surface area contributed by atoms with Crippen LogP contribution in [0.3, 0.4) is 0 Å². The summed E-state index contributed by atoms with van der Waals surface area (Å²) in [6.45, 7) is 6.97. The molecule has 1 rings (SSSR count). The Kier molecular flexibility index (Phi) is 6.83. The summed E-state index contributed by atoms with van der Waals surface area (Å²) in [5, 5.41) is 4.38. The Labute approximate surface area is 106 Å². The first-order valence-electron chi connectivity index (χ1n) is 6.96. The van der Waals surface area contributed by atoms with E-state index in [9.17, 15) is 0 Å². The van der Waals surface area contributed by atoms with Crippen LogP contribution < -0.4 is 5.32 Å². The fourth-order valence-electron chi connectivity index (χ4n) is 2.71. The molecule has 16 heavy (non-hydrogen) atoms. The van der Waals surface area contributed by atoms with E-state index < -0.39 is 0 Å². The van der Waals surface area contributed by atoms with Crippen LogP contribution in [0.2, 0.25) is 0 Å². The van der Waals surface area contributed by atoms with Crippen molar-refractivity contribution in [1.29, 1.82) is 0 Å². The van der Waals surface area contributed by atoms with Crippen molar-refractivity contribution in [1.82, 2.24) is 5.32 Å². The molecular formula is C14H29NS. The average molecular weight is 243 g/mol. The van der Waals surface area contributed by atoms with E-state index in [1.54, 1.807) is 0 Å². The van der Waals surface area contributed by atoms with Gasteiger partial charge in [0.15, 0.2) is 0 Å². The van der Waals surface area contributed by atoms with Crippen molar-refractivity contribution < 1.29 is 0 Å². The summed E-state index contributed by atoms with van der Waals surface area (Å²) in [6.07, 6.45) is 7.07. The third-order valence-corrected chi connectivity index (χ3v) is 5.42. The van der Waals surface area contributed by atoms with Crippen molar-refractivity contribution >= 4 is 11.8 Å². The second-order valence-electron chi connectivity index (χ2n) is 5.63. The predicted molar refractivity (Wildman–Crippen MR) is 76.2 cm³/mol. The first-order chi connectivity index (χ1) is 7.67. The van der Waals surface area contributed by atoms with Gasteiger partial charge in [0, 0.05) is 11.3 Å². The Bertz CT molecular complexity index is 182. The molecule has 0 aromatic heterocycles. The molecule has 0 bridgehead atoms. The maximum atomic E-state index is 3.52. The molecular weight excluding hydrogens is 214 g/mol. The molecule has 0 radical (unpaired) electrons. The summed E-state index contributed by atoms with van der Waals surface area (Å²) in [4.78, 5) is 0. The molecule has 3 atom stereocenters. The van der Waals surface area contributed by atoms with Crippen LogP contribution in [0, 0.1) is 11.8 Å². The SMILES string of the molecule is CCCC1CCC(NC)C(SCC(C)C)C1. The van der Waals surface area contributed by atoms with Gasteiger partial charge in [-0.25, -0.2) is 0 Å². The van der Waals surface area contributed by atoms with E-state index in [4.69, 9.17) is 0 Å². The molecule has 0 spiro atoms. The molecule has 0 heterocycles. The van der Waals surface area contributed by atoms with Crippen LogP contribution in [0.15, 0.2) is 0 Å². The monoisotopic (exact) mass is 243 g/mol. The number of nitrogens with one attached hydrogen (secondary N) is 1. The summed E-state index contributed by atoms with van der Waals surface area (Å²) in [5.74, 6) is 3.15. The van der Waals surface area contributed by atoms with Gasteiger partial charge in [0.1, 0.15) is 0 Å². The zero-order valence-corrected chi connectivity index (χ0v) is 12.3. The van der Waals surface area contributed by atoms with Crippen LogP contribution in [0.25, 0.3) is 0 Å². The van der Waals surface area contributed by atoms with Crippen molar-refractivity contribution in [3.05, 3.63) is 0 Å². The molecule has 1 N–H and O–H groups in total. The van der Waals surface area contributed by atoms with Gasteiger partial charge in [-0.1, -0.05) is 33.6 Å². The normalized spacial score (nSPS) is 30.9. The molecule has 3 unspecified atom stereocenters. The maximum absolute atomic E-state index is 3.52. The van der Waals surface area contributed by atoms with E-state index in [1.165, 1.54) is 37.9 Å². The van der Waals surface area contributed by atoms with Gasteiger partial charge >= 0.3 is 0 Å². The highest BCUT2D eigenvalue weighted by Gasteiger charge is 2.29. The highest BCUT2D eigenvalue weighted by atomic mass is 32.2. The van der Waals surface area contributed by atoms with Crippen molar-refractivity contribution in [3.63, 3.8) is 0 Å². The molecule has 1 aliphatic rings. The Morgan fingerprint density at radius 2 is 2.06 bits per heavy atom. The fourth-order valence-corrected chi connectivity index (χ4v) is 4.26. The van der Waals surface area contributed by atoms with Crippen LogP contribution in [-0.4, -0.2) is 24.1 Å². The van der Waals surface area contributed by atoms with Gasteiger partial charge < -0.3 is 5.32 Å². The second kappa shape index (κ2) is 7.60. The first-order valence-corrected chi connectivity index (χ1v) is 8.01. The number of hydrogen-bond acceptors (Lipinski definition) is 2. The fraction of sp³-hybridized carbons (Fsp3) is 1.00. The zero-order valence-electron chi connectivity index (χ0n) is 11.5. The van der Waals surface area contributed by atoms with E-state index in [-0.39, 0.29) is 0 Å². The summed E-state index contributed by atoms with van der Waals surface area (Å²) in [6, 6.07) is 0.761. The van der Waals surface area contributed by atoms with Crippen molar-refractivity contribution in [2.24, 2.45) is 11.8 Å². The smallest absolute Gasteiger partial charge is 0.0203 e. The number of rotatable bonds is 6. The van der Waals surface area contributed by atoms with Crippen LogP contribution in [0.5, 0.6) is 0 Å². The highest BCUT2D eigenvalue weighted by Crippen LogP contribution is 2.35. The number of hydrogen-bond donors (Lipinski definition) is 1. The molecule has 1 saturated carbocycles. The molecule has 1 aliphatic carbocycles. The van der Waals surface area contributed by atoms with Crippen LogP contribution in [-0.2, 0) is 0 Å². The average Bonchev–Trinajstić information content (AvgIpc) is 2.27. The largest absolute Gasteiger partial charge is 0.316 e. The van der Waals surface area contributed by atoms with Crippen LogP contribution >= 0.6 is 11.8 Å². The van der Waals surface area contributed by atoms with Gasteiger partial charge in [-0.3, -0.25) is 0 Å². The van der Waals surface area contributed by atoms with Gasteiger partial charge in [0.25, 0.3) is 0 Å². The molecule has 0 aliphatic heterocycles. The Balaban J connectivity index is 2.40. The van der Waals surface area contributed by atoms with E-state index in [0.717, 1.165) is 23.1 Å². The molecule has 0 aromatic carbocycles. The summed E-state index contributed by atoms with van der Waals surface area (Å²) in [7, 11) is 2.13. The minimum atomic E-state index is 0.761. The molecule has 0 saturated heterocycles. The quantitative estimate of drug-likeness (QED) is 0.758. The van der Waals surface area contributed by atoms with Gasteiger partial charge in [-0.2, -0.15) is 11.8 Å². The zero-order chi connectivity index (χ0) is 12.0. The van der Waals surface area contributed by atoms with Gasteiger partial charge in [-0.15, -0.1) is 0 Å². The third-order valence-electron chi connectivity index (χ3n) is 3.61. The Morgan fingerprint density at radius 1 is 1.31 bits per heavy atom. The molecule has 96 valence electrons.